The molecule has 2 heterocycles. The summed E-state index contributed by atoms with van der Waals surface area (Å²) in [5.74, 6) is -0.514. The van der Waals surface area contributed by atoms with E-state index in [9.17, 15) is 14.0 Å². The van der Waals surface area contributed by atoms with Crippen LogP contribution in [-0.2, 0) is 4.79 Å². The average Bonchev–Trinajstić information content (AvgIpc) is 3.19. The summed E-state index contributed by atoms with van der Waals surface area (Å²) in [6.07, 6.45) is 3.81. The first-order valence-electron chi connectivity index (χ1n) is 10.1. The van der Waals surface area contributed by atoms with Gasteiger partial charge in [0.25, 0.3) is 0 Å². The van der Waals surface area contributed by atoms with Crippen molar-refractivity contribution in [3.63, 3.8) is 0 Å². The highest BCUT2D eigenvalue weighted by molar-refractivity contribution is 8.00. The van der Waals surface area contributed by atoms with Crippen molar-refractivity contribution in [3.05, 3.63) is 82.2 Å². The van der Waals surface area contributed by atoms with Gasteiger partial charge >= 0.3 is 5.56 Å². The molecule has 0 aliphatic heterocycles. The Morgan fingerprint density at radius 2 is 1.78 bits per heavy atom. The Bertz CT molecular complexity index is 1330. The summed E-state index contributed by atoms with van der Waals surface area (Å²) in [4.78, 5) is 25.8. The highest BCUT2D eigenvalue weighted by Gasteiger charge is 2.23. The first-order valence-corrected chi connectivity index (χ1v) is 11.0. The van der Waals surface area contributed by atoms with E-state index in [1.165, 1.54) is 40.6 Å². The van der Waals surface area contributed by atoms with E-state index in [0.29, 0.717) is 17.3 Å². The molecule has 7 nitrogen and oxygen atoms in total. The number of carbonyl (C=O) groups is 1. The quantitative estimate of drug-likeness (QED) is 0.446. The lowest BCUT2D eigenvalue weighted by atomic mass is 10.1. The second-order valence-corrected chi connectivity index (χ2v) is 8.57. The van der Waals surface area contributed by atoms with Gasteiger partial charge in [-0.15, -0.1) is 10.2 Å². The molecule has 1 amide bonds. The molecule has 0 radical (unpaired) electrons. The molecule has 9 heteroatoms. The number of nitrogens with zero attached hydrogens (tertiary/aromatic N) is 4. The van der Waals surface area contributed by atoms with Crippen LogP contribution >= 0.6 is 11.8 Å². The maximum Gasteiger partial charge on any atom is 0.300 e. The van der Waals surface area contributed by atoms with Gasteiger partial charge in [-0.25, -0.2) is 4.39 Å². The Balaban J connectivity index is 1.60. The Kier molecular flexibility index (Phi) is 6.09. The van der Waals surface area contributed by atoms with Crippen molar-refractivity contribution in [2.75, 3.05) is 5.32 Å². The van der Waals surface area contributed by atoms with E-state index in [1.54, 1.807) is 16.8 Å². The summed E-state index contributed by atoms with van der Waals surface area (Å²) in [7, 11) is 0. The molecule has 0 aliphatic carbocycles. The van der Waals surface area contributed by atoms with E-state index < -0.39 is 5.25 Å². The number of carbonyl (C=O) groups excluding carboxylic acids is 1. The van der Waals surface area contributed by atoms with Crippen LogP contribution in [0.15, 0.2) is 64.8 Å². The Morgan fingerprint density at radius 3 is 2.44 bits per heavy atom. The van der Waals surface area contributed by atoms with Gasteiger partial charge in [0.2, 0.25) is 11.6 Å². The number of amides is 1. The van der Waals surface area contributed by atoms with Crippen LogP contribution in [0.25, 0.3) is 11.3 Å². The summed E-state index contributed by atoms with van der Waals surface area (Å²) < 4.78 is 16.2. The fourth-order valence-electron chi connectivity index (χ4n) is 3.42. The Labute approximate surface area is 188 Å². The molecule has 4 aromatic rings. The van der Waals surface area contributed by atoms with Crippen molar-refractivity contribution in [1.29, 1.82) is 0 Å². The lowest BCUT2D eigenvalue weighted by Gasteiger charge is -2.16. The fourth-order valence-corrected chi connectivity index (χ4v) is 4.35. The number of aromatic nitrogens is 4. The van der Waals surface area contributed by atoms with Gasteiger partial charge in [0.05, 0.1) is 5.25 Å². The van der Waals surface area contributed by atoms with Crippen molar-refractivity contribution < 1.29 is 9.18 Å². The molecule has 4 rings (SSSR count). The standard InChI is InChI=1S/C23H22FN5O2S/c1-4-18(21(30)25-19-14(2)6-5-7-15(19)3)32-23-27-26-20-22(31)28(12-13-29(20)23)17-10-8-16(24)9-11-17/h5-13,18H,4H2,1-3H3,(H,25,30)/t18-/m0/s1. The summed E-state index contributed by atoms with van der Waals surface area (Å²) in [5, 5.41) is 11.2. The zero-order valence-electron chi connectivity index (χ0n) is 17.9. The predicted molar refractivity (Wildman–Crippen MR) is 123 cm³/mol. The minimum absolute atomic E-state index is 0.129. The van der Waals surface area contributed by atoms with Crippen molar-refractivity contribution >= 4 is 29.0 Å². The highest BCUT2D eigenvalue weighted by Crippen LogP contribution is 2.27. The van der Waals surface area contributed by atoms with Crippen LogP contribution in [0.1, 0.15) is 24.5 Å². The third-order valence-corrected chi connectivity index (χ3v) is 6.51. The molecule has 1 N–H and O–H groups in total. The van der Waals surface area contributed by atoms with Crippen LogP contribution < -0.4 is 10.9 Å². The predicted octanol–water partition coefficient (Wildman–Crippen LogP) is 4.15. The number of aryl methyl sites for hydroxylation is 2. The monoisotopic (exact) mass is 451 g/mol. The molecular formula is C23H22FN5O2S. The SMILES string of the molecule is CC[C@H](Sc1nnc2c(=O)n(-c3ccc(F)cc3)ccn12)C(=O)Nc1c(C)cccc1C. The maximum atomic E-state index is 13.2. The number of benzene rings is 2. The van der Waals surface area contributed by atoms with Crippen LogP contribution in [0, 0.1) is 19.7 Å². The van der Waals surface area contributed by atoms with E-state index in [2.05, 4.69) is 15.5 Å². The normalized spacial score (nSPS) is 12.1. The number of nitrogens with one attached hydrogen (secondary N) is 1. The van der Waals surface area contributed by atoms with Crippen molar-refractivity contribution in [3.8, 4) is 5.69 Å². The molecule has 164 valence electrons. The molecule has 2 aromatic carbocycles. The molecule has 32 heavy (non-hydrogen) atoms. The fraction of sp³-hybridized carbons (Fsp3) is 0.217. The smallest absolute Gasteiger partial charge is 0.300 e. The minimum Gasteiger partial charge on any atom is -0.325 e. The highest BCUT2D eigenvalue weighted by atomic mass is 32.2. The second-order valence-electron chi connectivity index (χ2n) is 7.40. The number of anilines is 1. The van der Waals surface area contributed by atoms with Gasteiger partial charge in [-0.2, -0.15) is 0 Å². The Hall–Kier alpha value is -3.46. The maximum absolute atomic E-state index is 13.2. The first-order chi connectivity index (χ1) is 15.4. The number of hydrogen-bond acceptors (Lipinski definition) is 5. The van der Waals surface area contributed by atoms with Crippen molar-refractivity contribution in [1.82, 2.24) is 19.2 Å². The molecular weight excluding hydrogens is 429 g/mol. The van der Waals surface area contributed by atoms with Gasteiger partial charge < -0.3 is 5.32 Å². The minimum atomic E-state index is -0.416. The van der Waals surface area contributed by atoms with Crippen LogP contribution in [0.4, 0.5) is 10.1 Å². The third kappa shape index (κ3) is 4.16. The molecule has 0 spiro atoms. The molecule has 0 bridgehead atoms. The zero-order chi connectivity index (χ0) is 22.8. The molecule has 1 atom stereocenters. The van der Waals surface area contributed by atoms with E-state index in [1.807, 2.05) is 39.0 Å². The third-order valence-electron chi connectivity index (χ3n) is 5.18. The second kappa shape index (κ2) is 8.96. The van der Waals surface area contributed by atoms with Gasteiger partial charge in [0.1, 0.15) is 5.82 Å². The molecule has 0 saturated carbocycles. The van der Waals surface area contributed by atoms with E-state index in [4.69, 9.17) is 0 Å². The van der Waals surface area contributed by atoms with Crippen molar-refractivity contribution in [2.24, 2.45) is 0 Å². The number of fused-ring (bicyclic) bond motifs is 1. The van der Waals surface area contributed by atoms with Gasteiger partial charge in [-0.05, 0) is 55.7 Å². The van der Waals surface area contributed by atoms with Gasteiger partial charge in [-0.3, -0.25) is 18.6 Å². The Morgan fingerprint density at radius 1 is 1.09 bits per heavy atom. The summed E-state index contributed by atoms with van der Waals surface area (Å²) >= 11 is 1.26. The number of thioether (sulfide) groups is 1. The number of hydrogen-bond donors (Lipinski definition) is 1. The largest absolute Gasteiger partial charge is 0.325 e. The van der Waals surface area contributed by atoms with Crippen molar-refractivity contribution in [2.45, 2.75) is 37.6 Å². The van der Waals surface area contributed by atoms with E-state index >= 15 is 0 Å². The summed E-state index contributed by atoms with van der Waals surface area (Å²) in [5.41, 5.74) is 3.07. The van der Waals surface area contributed by atoms with E-state index in [-0.39, 0.29) is 22.9 Å². The lowest BCUT2D eigenvalue weighted by Crippen LogP contribution is -2.26. The lowest BCUT2D eigenvalue weighted by molar-refractivity contribution is -0.115. The molecule has 0 fully saturated rings. The number of para-hydroxylation sites is 1. The van der Waals surface area contributed by atoms with Crippen LogP contribution in [-0.4, -0.2) is 30.3 Å². The van der Waals surface area contributed by atoms with Gasteiger partial charge in [-0.1, -0.05) is 36.9 Å². The number of halogens is 1. The van der Waals surface area contributed by atoms with Gasteiger partial charge in [0, 0.05) is 23.8 Å². The topological polar surface area (TPSA) is 81.3 Å². The van der Waals surface area contributed by atoms with E-state index in [0.717, 1.165) is 16.8 Å². The summed E-state index contributed by atoms with van der Waals surface area (Å²) in [6.45, 7) is 5.83. The number of rotatable bonds is 6. The van der Waals surface area contributed by atoms with Gasteiger partial charge in [0.15, 0.2) is 5.16 Å². The summed E-state index contributed by atoms with van der Waals surface area (Å²) in [6, 6.07) is 11.5. The molecule has 0 saturated heterocycles. The van der Waals surface area contributed by atoms with Crippen LogP contribution in [0.3, 0.4) is 0 Å². The first kappa shape index (κ1) is 21.8. The van der Waals surface area contributed by atoms with Crippen LogP contribution in [0.5, 0.6) is 0 Å². The van der Waals surface area contributed by atoms with Crippen LogP contribution in [0.2, 0.25) is 0 Å². The zero-order valence-corrected chi connectivity index (χ0v) is 18.7. The molecule has 2 aromatic heterocycles. The average molecular weight is 452 g/mol. The molecule has 0 aliphatic rings. The molecule has 0 unspecified atom stereocenters.